The third-order valence-corrected chi connectivity index (χ3v) is 12.0. The van der Waals surface area contributed by atoms with Crippen LogP contribution in [-0.2, 0) is 0 Å². The molecule has 58 heavy (non-hydrogen) atoms. The second-order valence-corrected chi connectivity index (χ2v) is 15.7. The molecule has 2 saturated carbocycles. The van der Waals surface area contributed by atoms with Gasteiger partial charge in [-0.1, -0.05) is 76.6 Å². The molecule has 2 fully saturated rings. The van der Waals surface area contributed by atoms with E-state index in [0.717, 1.165) is 57.8 Å². The first-order valence-electron chi connectivity index (χ1n) is 21.1. The summed E-state index contributed by atoms with van der Waals surface area (Å²) >= 11 is 0. The van der Waals surface area contributed by atoms with Gasteiger partial charge in [-0.2, -0.15) is 8.78 Å². The standard InChI is InChI=1S/C25H30F4O.C23H26F4O/c1-3-5-6-7-16-8-10-17(11-9-16)18-12-13-19(23(27)22(18)26)20-14-15-21(30-4-2)25(29)24(20)28;1-3-5-14-6-8-15(9-7-14)16-10-11-17(21(25)20(16)24)18-12-13-19(28-4-2)23(27)22(18)26/h12-17H,3-11H2,1-2H3;10-15H,3-9H2,1-2H3. The Labute approximate surface area is 338 Å². The van der Waals surface area contributed by atoms with Crippen LogP contribution in [0, 0.1) is 58.4 Å². The van der Waals surface area contributed by atoms with Crippen LogP contribution in [0.2, 0.25) is 0 Å². The topological polar surface area (TPSA) is 18.5 Å². The number of halogens is 8. The first-order chi connectivity index (χ1) is 27.9. The molecule has 0 N–H and O–H groups in total. The van der Waals surface area contributed by atoms with Crippen molar-refractivity contribution in [2.45, 2.75) is 129 Å². The molecule has 4 aromatic carbocycles. The van der Waals surface area contributed by atoms with Crippen LogP contribution in [0.1, 0.15) is 141 Å². The van der Waals surface area contributed by atoms with E-state index in [4.69, 9.17) is 9.47 Å². The SMILES string of the molecule is CCCC1CCC(c2ccc(-c3ccc(OCC)c(F)c3F)c(F)c2F)CC1.CCCCCC1CCC(c2ccc(-c3ccc(OCC)c(F)c3F)c(F)c2F)CC1. The minimum atomic E-state index is -1.24. The minimum absolute atomic E-state index is 0.0291. The lowest BCUT2D eigenvalue weighted by molar-refractivity contribution is 0.298. The lowest BCUT2D eigenvalue weighted by Gasteiger charge is -2.29. The van der Waals surface area contributed by atoms with Crippen LogP contribution in [0.5, 0.6) is 11.5 Å². The van der Waals surface area contributed by atoms with Crippen molar-refractivity contribution in [2.75, 3.05) is 13.2 Å². The van der Waals surface area contributed by atoms with Gasteiger partial charge in [0.2, 0.25) is 11.6 Å². The van der Waals surface area contributed by atoms with Gasteiger partial charge in [0.15, 0.2) is 46.4 Å². The summed E-state index contributed by atoms with van der Waals surface area (Å²) in [5.41, 5.74) is -0.489. The van der Waals surface area contributed by atoms with Gasteiger partial charge in [-0.25, -0.2) is 26.3 Å². The Balaban J connectivity index is 0.000000221. The second kappa shape index (κ2) is 21.3. The molecule has 0 spiro atoms. The predicted molar refractivity (Wildman–Crippen MR) is 214 cm³/mol. The number of unbranched alkanes of at least 4 members (excludes halogenated alkanes) is 2. The van der Waals surface area contributed by atoms with Crippen molar-refractivity contribution in [1.29, 1.82) is 0 Å². The Bertz CT molecular complexity index is 1960. The zero-order chi connectivity index (χ0) is 41.9. The van der Waals surface area contributed by atoms with Crippen LogP contribution in [0.4, 0.5) is 35.1 Å². The maximum absolute atomic E-state index is 14.9. The van der Waals surface area contributed by atoms with Gasteiger partial charge in [0.25, 0.3) is 0 Å². The quantitative estimate of drug-likeness (QED) is 0.0932. The van der Waals surface area contributed by atoms with Gasteiger partial charge in [0, 0.05) is 22.3 Å². The molecule has 316 valence electrons. The number of hydrogen-bond acceptors (Lipinski definition) is 2. The van der Waals surface area contributed by atoms with Crippen molar-refractivity contribution in [3.8, 4) is 33.8 Å². The van der Waals surface area contributed by atoms with Crippen LogP contribution in [0.15, 0.2) is 48.5 Å². The Morgan fingerprint density at radius 3 is 1.12 bits per heavy atom. The van der Waals surface area contributed by atoms with E-state index in [-0.39, 0.29) is 58.8 Å². The highest BCUT2D eigenvalue weighted by atomic mass is 19.2. The predicted octanol–water partition coefficient (Wildman–Crippen LogP) is 15.5. The van der Waals surface area contributed by atoms with E-state index < -0.39 is 46.5 Å². The zero-order valence-corrected chi connectivity index (χ0v) is 34.1. The summed E-state index contributed by atoms with van der Waals surface area (Å²) in [6, 6.07) is 10.7. The highest BCUT2D eigenvalue weighted by Crippen LogP contribution is 2.43. The summed E-state index contributed by atoms with van der Waals surface area (Å²) in [5.74, 6) is -8.24. The van der Waals surface area contributed by atoms with E-state index in [9.17, 15) is 35.1 Å². The smallest absolute Gasteiger partial charge is 0.201 e. The minimum Gasteiger partial charge on any atom is -0.491 e. The molecule has 2 nitrogen and oxygen atoms in total. The fourth-order valence-corrected chi connectivity index (χ4v) is 8.80. The van der Waals surface area contributed by atoms with Gasteiger partial charge in [0.1, 0.15) is 0 Å². The van der Waals surface area contributed by atoms with Crippen molar-refractivity contribution in [2.24, 2.45) is 11.8 Å². The molecule has 2 aliphatic rings. The number of hydrogen-bond donors (Lipinski definition) is 0. The fraction of sp³-hybridized carbons (Fsp3) is 0.500. The fourth-order valence-electron chi connectivity index (χ4n) is 8.80. The van der Waals surface area contributed by atoms with E-state index in [1.165, 1.54) is 80.6 Å². The van der Waals surface area contributed by atoms with Crippen molar-refractivity contribution >= 4 is 0 Å². The molecule has 0 heterocycles. The second-order valence-electron chi connectivity index (χ2n) is 15.7. The Morgan fingerprint density at radius 1 is 0.397 bits per heavy atom. The van der Waals surface area contributed by atoms with Gasteiger partial charge in [-0.3, -0.25) is 0 Å². The molecule has 0 aliphatic heterocycles. The monoisotopic (exact) mass is 816 g/mol. The number of benzene rings is 4. The van der Waals surface area contributed by atoms with Crippen molar-refractivity contribution in [1.82, 2.24) is 0 Å². The summed E-state index contributed by atoms with van der Waals surface area (Å²) < 4.78 is 126. The highest BCUT2D eigenvalue weighted by molar-refractivity contribution is 5.68. The molecule has 10 heteroatoms. The maximum atomic E-state index is 14.9. The third kappa shape index (κ3) is 10.4. The van der Waals surface area contributed by atoms with Crippen molar-refractivity contribution in [3.05, 3.63) is 106 Å². The Morgan fingerprint density at radius 2 is 0.759 bits per heavy atom. The Hall–Kier alpha value is -4.08. The van der Waals surface area contributed by atoms with Crippen molar-refractivity contribution in [3.63, 3.8) is 0 Å². The normalized spacial score (nSPS) is 19.4. The third-order valence-electron chi connectivity index (χ3n) is 12.0. The van der Waals surface area contributed by atoms with Crippen LogP contribution in [0.25, 0.3) is 22.3 Å². The molecule has 6 rings (SSSR count). The number of rotatable bonds is 14. The molecule has 0 unspecified atom stereocenters. The highest BCUT2D eigenvalue weighted by Gasteiger charge is 2.29. The molecule has 2 aliphatic carbocycles. The lowest BCUT2D eigenvalue weighted by atomic mass is 9.76. The largest absolute Gasteiger partial charge is 0.491 e. The zero-order valence-electron chi connectivity index (χ0n) is 34.1. The van der Waals surface area contributed by atoms with E-state index in [1.54, 1.807) is 13.8 Å². The van der Waals surface area contributed by atoms with E-state index >= 15 is 0 Å². The molecule has 0 bridgehead atoms. The summed E-state index contributed by atoms with van der Waals surface area (Å²) in [6.45, 7) is 7.99. The molecule has 0 amide bonds. The molecule has 0 saturated heterocycles. The number of ether oxygens (including phenoxy) is 2. The molecule has 0 atom stereocenters. The molecular weight excluding hydrogens is 761 g/mol. The van der Waals surface area contributed by atoms with Crippen LogP contribution >= 0.6 is 0 Å². The van der Waals surface area contributed by atoms with Gasteiger partial charge in [-0.05, 0) is 124 Å². The van der Waals surface area contributed by atoms with Gasteiger partial charge < -0.3 is 9.47 Å². The summed E-state index contributed by atoms with van der Waals surface area (Å²) in [4.78, 5) is 0. The van der Waals surface area contributed by atoms with Crippen LogP contribution in [0.3, 0.4) is 0 Å². The van der Waals surface area contributed by atoms with E-state index in [2.05, 4.69) is 13.8 Å². The Kier molecular flexibility index (Phi) is 16.5. The van der Waals surface area contributed by atoms with Gasteiger partial charge >= 0.3 is 0 Å². The summed E-state index contributed by atoms with van der Waals surface area (Å²) in [5, 5.41) is 0. The first-order valence-corrected chi connectivity index (χ1v) is 21.1. The van der Waals surface area contributed by atoms with Gasteiger partial charge in [-0.15, -0.1) is 0 Å². The molecule has 0 aromatic heterocycles. The average Bonchev–Trinajstić information content (AvgIpc) is 3.22. The van der Waals surface area contributed by atoms with Crippen LogP contribution < -0.4 is 9.47 Å². The molecule has 4 aromatic rings. The summed E-state index contributed by atoms with van der Waals surface area (Å²) in [6.07, 6.45) is 14.6. The van der Waals surface area contributed by atoms with Crippen molar-refractivity contribution < 1.29 is 44.6 Å². The summed E-state index contributed by atoms with van der Waals surface area (Å²) in [7, 11) is 0. The average molecular weight is 817 g/mol. The van der Waals surface area contributed by atoms with Crippen LogP contribution in [-0.4, -0.2) is 13.2 Å². The maximum Gasteiger partial charge on any atom is 0.201 e. The lowest BCUT2D eigenvalue weighted by Crippen LogP contribution is -2.15. The van der Waals surface area contributed by atoms with E-state index in [1.807, 2.05) is 0 Å². The van der Waals surface area contributed by atoms with E-state index in [0.29, 0.717) is 23.0 Å². The molecular formula is C48H56F8O2. The molecule has 0 radical (unpaired) electrons. The first kappa shape index (κ1) is 45.0. The van der Waals surface area contributed by atoms with Gasteiger partial charge in [0.05, 0.1) is 13.2 Å².